The monoisotopic (exact) mass is 472 g/mol. The van der Waals surface area contributed by atoms with Gasteiger partial charge in [0.1, 0.15) is 0 Å². The Hall–Kier alpha value is -2.97. The van der Waals surface area contributed by atoms with Gasteiger partial charge in [0.05, 0.1) is 22.5 Å². The predicted octanol–water partition coefficient (Wildman–Crippen LogP) is 5.32. The van der Waals surface area contributed by atoms with Crippen molar-refractivity contribution in [3.63, 3.8) is 0 Å². The van der Waals surface area contributed by atoms with Crippen LogP contribution in [0.25, 0.3) is 10.2 Å². The van der Waals surface area contributed by atoms with Crippen molar-refractivity contribution >= 4 is 44.2 Å². The average Bonchev–Trinajstić information content (AvgIpc) is 3.33. The molecule has 2 aromatic carbocycles. The number of aryl methyl sites for hydroxylation is 3. The number of halogens is 2. The van der Waals surface area contributed by atoms with Crippen LogP contribution in [0.2, 0.25) is 5.02 Å². The lowest BCUT2D eigenvalue weighted by Crippen LogP contribution is -2.37. The van der Waals surface area contributed by atoms with E-state index in [1.807, 2.05) is 43.7 Å². The van der Waals surface area contributed by atoms with Crippen LogP contribution in [-0.4, -0.2) is 33.8 Å². The van der Waals surface area contributed by atoms with E-state index in [0.717, 1.165) is 27.2 Å². The highest BCUT2D eigenvalue weighted by Gasteiger charge is 2.22. The van der Waals surface area contributed by atoms with Crippen molar-refractivity contribution in [2.24, 2.45) is 0 Å². The van der Waals surface area contributed by atoms with E-state index in [0.29, 0.717) is 23.2 Å². The summed E-state index contributed by atoms with van der Waals surface area (Å²) in [6, 6.07) is 11.7. The van der Waals surface area contributed by atoms with E-state index in [2.05, 4.69) is 10.1 Å². The van der Waals surface area contributed by atoms with Gasteiger partial charge in [0, 0.05) is 17.3 Å². The number of carbonyl (C=O) groups excluding carboxylic acids is 1. The molecule has 166 valence electrons. The molecular formula is C23H22ClFN4O2S. The number of rotatable bonds is 7. The maximum Gasteiger partial charge on any atom is 0.266 e. The number of nitrogens with zero attached hydrogens (tertiary/aromatic N) is 4. The van der Waals surface area contributed by atoms with E-state index in [1.54, 1.807) is 17.0 Å². The van der Waals surface area contributed by atoms with Crippen molar-refractivity contribution in [1.29, 1.82) is 0 Å². The normalized spacial score (nSPS) is 11.2. The fourth-order valence-electron chi connectivity index (χ4n) is 3.41. The number of carbonyl (C=O) groups is 1. The van der Waals surface area contributed by atoms with Crippen LogP contribution in [0, 0.1) is 26.6 Å². The maximum absolute atomic E-state index is 13.9. The van der Waals surface area contributed by atoms with Gasteiger partial charge < -0.3 is 4.74 Å². The van der Waals surface area contributed by atoms with E-state index < -0.39 is 5.82 Å². The zero-order valence-corrected chi connectivity index (χ0v) is 19.5. The molecule has 32 heavy (non-hydrogen) atoms. The number of aromatic nitrogens is 3. The average molecular weight is 473 g/mol. The third-order valence-corrected chi connectivity index (χ3v) is 6.55. The van der Waals surface area contributed by atoms with Gasteiger partial charge in [0.25, 0.3) is 5.91 Å². The first-order valence-corrected chi connectivity index (χ1v) is 11.3. The second kappa shape index (κ2) is 9.26. The fourth-order valence-corrected chi connectivity index (χ4v) is 4.63. The molecule has 4 rings (SSSR count). The standard InChI is InChI=1S/C23H22ClFN4O2S/c1-14-12-15(2)29(27-14)11-10-28(21(30)13-31-19-7-5-4-6-18(19)25)23-26-22-16(3)17(24)8-9-20(22)32-23/h4-9,12H,10-11,13H2,1-3H3. The molecule has 0 aliphatic rings. The minimum Gasteiger partial charge on any atom is -0.481 e. The molecule has 0 bridgehead atoms. The molecule has 2 heterocycles. The van der Waals surface area contributed by atoms with Gasteiger partial charge in [0.15, 0.2) is 23.3 Å². The quantitative estimate of drug-likeness (QED) is 0.365. The van der Waals surface area contributed by atoms with E-state index in [-0.39, 0.29) is 18.3 Å². The van der Waals surface area contributed by atoms with Gasteiger partial charge in [-0.15, -0.1) is 0 Å². The molecule has 4 aromatic rings. The maximum atomic E-state index is 13.9. The smallest absolute Gasteiger partial charge is 0.266 e. The van der Waals surface area contributed by atoms with Crippen LogP contribution in [0.3, 0.4) is 0 Å². The van der Waals surface area contributed by atoms with Crippen molar-refractivity contribution in [2.75, 3.05) is 18.1 Å². The number of amides is 1. The summed E-state index contributed by atoms with van der Waals surface area (Å²) in [5, 5.41) is 5.63. The van der Waals surface area contributed by atoms with E-state index in [4.69, 9.17) is 16.3 Å². The third-order valence-electron chi connectivity index (χ3n) is 5.10. The number of fused-ring (bicyclic) bond motifs is 1. The Bertz CT molecular complexity index is 1290. The molecule has 1 amide bonds. The summed E-state index contributed by atoms with van der Waals surface area (Å²) in [5.41, 5.74) is 3.54. The summed E-state index contributed by atoms with van der Waals surface area (Å²) in [5.74, 6) is -0.802. The van der Waals surface area contributed by atoms with E-state index >= 15 is 0 Å². The Morgan fingerprint density at radius 3 is 2.72 bits per heavy atom. The Morgan fingerprint density at radius 1 is 1.22 bits per heavy atom. The number of thiazole rings is 1. The highest BCUT2D eigenvalue weighted by molar-refractivity contribution is 7.22. The summed E-state index contributed by atoms with van der Waals surface area (Å²) in [6.07, 6.45) is 0. The van der Waals surface area contributed by atoms with Gasteiger partial charge in [-0.05, 0) is 56.7 Å². The van der Waals surface area contributed by atoms with Crippen molar-refractivity contribution < 1.29 is 13.9 Å². The SMILES string of the molecule is Cc1cc(C)n(CCN(C(=O)COc2ccccc2F)c2nc3c(C)c(Cl)ccc3s2)n1. The lowest BCUT2D eigenvalue weighted by Gasteiger charge is -2.20. The second-order valence-corrected chi connectivity index (χ2v) is 8.85. The van der Waals surface area contributed by atoms with Gasteiger partial charge in [-0.1, -0.05) is 35.1 Å². The Morgan fingerprint density at radius 2 is 2.00 bits per heavy atom. The minimum absolute atomic E-state index is 0.0336. The van der Waals surface area contributed by atoms with Gasteiger partial charge in [-0.25, -0.2) is 9.37 Å². The highest BCUT2D eigenvalue weighted by atomic mass is 35.5. The molecule has 0 spiro atoms. The summed E-state index contributed by atoms with van der Waals surface area (Å²) in [4.78, 5) is 19.4. The summed E-state index contributed by atoms with van der Waals surface area (Å²) in [7, 11) is 0. The van der Waals surface area contributed by atoms with Crippen LogP contribution < -0.4 is 9.64 Å². The Labute approximate surface area is 194 Å². The Kier molecular flexibility index (Phi) is 6.43. The van der Waals surface area contributed by atoms with Crippen LogP contribution in [0.1, 0.15) is 17.0 Å². The number of benzene rings is 2. The zero-order valence-electron chi connectivity index (χ0n) is 17.9. The first kappa shape index (κ1) is 22.2. The summed E-state index contributed by atoms with van der Waals surface area (Å²) >= 11 is 7.65. The minimum atomic E-state index is -0.514. The van der Waals surface area contributed by atoms with E-state index in [9.17, 15) is 9.18 Å². The van der Waals surface area contributed by atoms with Gasteiger partial charge in [-0.2, -0.15) is 5.10 Å². The third kappa shape index (κ3) is 4.61. The first-order chi connectivity index (χ1) is 15.3. The zero-order chi connectivity index (χ0) is 22.8. The molecule has 0 saturated heterocycles. The molecule has 0 saturated carbocycles. The number of hydrogen-bond donors (Lipinski definition) is 0. The summed E-state index contributed by atoms with van der Waals surface area (Å²) in [6.45, 7) is 6.31. The van der Waals surface area contributed by atoms with Gasteiger partial charge in [-0.3, -0.25) is 14.4 Å². The lowest BCUT2D eigenvalue weighted by atomic mass is 10.2. The van der Waals surface area contributed by atoms with Crippen LogP contribution in [0.4, 0.5) is 9.52 Å². The molecule has 6 nitrogen and oxygen atoms in total. The number of anilines is 1. The highest BCUT2D eigenvalue weighted by Crippen LogP contribution is 2.33. The number of para-hydroxylation sites is 1. The molecular weight excluding hydrogens is 451 g/mol. The molecule has 0 radical (unpaired) electrons. The predicted molar refractivity (Wildman–Crippen MR) is 125 cm³/mol. The van der Waals surface area contributed by atoms with Crippen LogP contribution >= 0.6 is 22.9 Å². The number of ether oxygens (including phenoxy) is 1. The molecule has 9 heteroatoms. The molecule has 0 N–H and O–H groups in total. The van der Waals surface area contributed by atoms with Crippen LogP contribution in [-0.2, 0) is 11.3 Å². The van der Waals surface area contributed by atoms with Gasteiger partial charge in [0.2, 0.25) is 0 Å². The van der Waals surface area contributed by atoms with Crippen molar-refractivity contribution in [1.82, 2.24) is 14.8 Å². The van der Waals surface area contributed by atoms with Gasteiger partial charge >= 0.3 is 0 Å². The van der Waals surface area contributed by atoms with Crippen molar-refractivity contribution in [2.45, 2.75) is 27.3 Å². The first-order valence-electron chi connectivity index (χ1n) is 10.1. The largest absolute Gasteiger partial charge is 0.481 e. The fraction of sp³-hybridized carbons (Fsp3) is 0.261. The molecule has 0 aliphatic carbocycles. The molecule has 2 aromatic heterocycles. The van der Waals surface area contributed by atoms with Crippen LogP contribution in [0.15, 0.2) is 42.5 Å². The molecule has 0 aliphatic heterocycles. The lowest BCUT2D eigenvalue weighted by molar-refractivity contribution is -0.120. The topological polar surface area (TPSA) is 60.2 Å². The van der Waals surface area contributed by atoms with Crippen LogP contribution in [0.5, 0.6) is 5.75 Å². The molecule has 0 atom stereocenters. The molecule has 0 unspecified atom stereocenters. The summed E-state index contributed by atoms with van der Waals surface area (Å²) < 4.78 is 22.2. The number of hydrogen-bond acceptors (Lipinski definition) is 5. The second-order valence-electron chi connectivity index (χ2n) is 7.43. The van der Waals surface area contributed by atoms with Crippen molar-refractivity contribution in [3.05, 3.63) is 70.3 Å². The van der Waals surface area contributed by atoms with Crippen molar-refractivity contribution in [3.8, 4) is 5.75 Å². The molecule has 0 fully saturated rings. The Balaban J connectivity index is 1.61. The van der Waals surface area contributed by atoms with E-state index in [1.165, 1.54) is 23.5 Å².